The van der Waals surface area contributed by atoms with Gasteiger partial charge in [-0.15, -0.1) is 0 Å². The van der Waals surface area contributed by atoms with Crippen LogP contribution >= 0.6 is 0 Å². The Bertz CT molecular complexity index is 462. The lowest BCUT2D eigenvalue weighted by atomic mass is 10.1. The van der Waals surface area contributed by atoms with Crippen LogP contribution in [0.4, 0.5) is 4.39 Å². The molecule has 0 aliphatic heterocycles. The predicted octanol–water partition coefficient (Wildman–Crippen LogP) is 2.95. The smallest absolute Gasteiger partial charge is 0.147 e. The number of benzene rings is 1. The lowest BCUT2D eigenvalue weighted by Crippen LogP contribution is -1.92. The van der Waals surface area contributed by atoms with Crippen molar-refractivity contribution in [3.63, 3.8) is 0 Å². The number of hydrogen-bond acceptors (Lipinski definition) is 2. The first-order chi connectivity index (χ1) is 7.81. The Morgan fingerprint density at radius 3 is 2.62 bits per heavy atom. The largest absolute Gasteiger partial charge is 0.516 e. The Labute approximate surface area is 92.5 Å². The zero-order valence-electron chi connectivity index (χ0n) is 8.49. The second-order valence-corrected chi connectivity index (χ2v) is 3.30. The van der Waals surface area contributed by atoms with Gasteiger partial charge in [0.05, 0.1) is 12.6 Å². The number of aromatic nitrogens is 2. The van der Waals surface area contributed by atoms with Crippen molar-refractivity contribution in [1.29, 1.82) is 0 Å². The van der Waals surface area contributed by atoms with E-state index < -0.39 is 6.17 Å². The summed E-state index contributed by atoms with van der Waals surface area (Å²) in [5.74, 6) is 0. The highest BCUT2D eigenvalue weighted by Gasteiger charge is 2.05. The maximum absolute atomic E-state index is 13.3. The third-order valence-electron chi connectivity index (χ3n) is 2.27. The minimum atomic E-state index is -1.28. The molecule has 0 saturated heterocycles. The van der Waals surface area contributed by atoms with Crippen LogP contribution in [0.15, 0.2) is 55.3 Å². The number of alkyl halides is 1. The zero-order valence-corrected chi connectivity index (χ0v) is 8.49. The second kappa shape index (κ2) is 4.61. The molecule has 0 bridgehead atoms. The summed E-state index contributed by atoms with van der Waals surface area (Å²) in [6, 6.07) is 6.96. The fraction of sp³-hybridized carbons (Fsp3) is 0.0833. The molecule has 1 aromatic heterocycles. The van der Waals surface area contributed by atoms with E-state index in [4.69, 9.17) is 5.11 Å². The Hall–Kier alpha value is -2.10. The quantitative estimate of drug-likeness (QED) is 0.804. The highest BCUT2D eigenvalue weighted by atomic mass is 19.1. The van der Waals surface area contributed by atoms with Gasteiger partial charge in [0, 0.05) is 18.1 Å². The molecule has 0 saturated carbocycles. The van der Waals surface area contributed by atoms with Gasteiger partial charge in [0.2, 0.25) is 0 Å². The minimum Gasteiger partial charge on any atom is -0.516 e. The SMILES string of the molecule is O/C=C\C(F)c1ccc(-n2ccnc2)cc1. The topological polar surface area (TPSA) is 38.0 Å². The van der Waals surface area contributed by atoms with Gasteiger partial charge in [0.15, 0.2) is 0 Å². The molecule has 1 atom stereocenters. The number of hydrogen-bond donors (Lipinski definition) is 1. The molecule has 1 N–H and O–H groups in total. The Morgan fingerprint density at radius 2 is 2.06 bits per heavy atom. The van der Waals surface area contributed by atoms with E-state index in [1.54, 1.807) is 36.8 Å². The highest BCUT2D eigenvalue weighted by molar-refractivity contribution is 5.36. The number of aliphatic hydroxyl groups is 1. The minimum absolute atomic E-state index is 0.508. The lowest BCUT2D eigenvalue weighted by Gasteiger charge is -2.05. The molecule has 0 spiro atoms. The van der Waals surface area contributed by atoms with Crippen molar-refractivity contribution in [3.8, 4) is 5.69 Å². The van der Waals surface area contributed by atoms with Crippen molar-refractivity contribution in [1.82, 2.24) is 9.55 Å². The molecule has 82 valence electrons. The second-order valence-electron chi connectivity index (χ2n) is 3.30. The third-order valence-corrected chi connectivity index (χ3v) is 2.27. The number of halogens is 1. The van der Waals surface area contributed by atoms with E-state index in [-0.39, 0.29) is 0 Å². The number of imidazole rings is 1. The van der Waals surface area contributed by atoms with Gasteiger partial charge in [-0.05, 0) is 23.8 Å². The average molecular weight is 218 g/mol. The monoisotopic (exact) mass is 218 g/mol. The number of nitrogens with zero attached hydrogens (tertiary/aromatic N) is 2. The van der Waals surface area contributed by atoms with Gasteiger partial charge in [-0.2, -0.15) is 0 Å². The van der Waals surface area contributed by atoms with Crippen LogP contribution in [0.3, 0.4) is 0 Å². The molecule has 2 aromatic rings. The van der Waals surface area contributed by atoms with Crippen molar-refractivity contribution >= 4 is 0 Å². The van der Waals surface area contributed by atoms with Crippen LogP contribution in [0.25, 0.3) is 5.69 Å². The van der Waals surface area contributed by atoms with Crippen molar-refractivity contribution in [2.45, 2.75) is 6.17 Å². The lowest BCUT2D eigenvalue weighted by molar-refractivity contribution is 0.396. The molecule has 3 nitrogen and oxygen atoms in total. The summed E-state index contributed by atoms with van der Waals surface area (Å²) in [5.41, 5.74) is 1.43. The Balaban J connectivity index is 2.23. The molecule has 0 aliphatic carbocycles. The van der Waals surface area contributed by atoms with E-state index in [1.165, 1.54) is 0 Å². The summed E-state index contributed by atoms with van der Waals surface area (Å²) < 4.78 is 15.2. The molecule has 4 heteroatoms. The Morgan fingerprint density at radius 1 is 1.31 bits per heavy atom. The molecular weight excluding hydrogens is 207 g/mol. The summed E-state index contributed by atoms with van der Waals surface area (Å²) in [7, 11) is 0. The van der Waals surface area contributed by atoms with Crippen LogP contribution in [0.5, 0.6) is 0 Å². The first kappa shape index (κ1) is 10.4. The summed E-state index contributed by atoms with van der Waals surface area (Å²) in [6.45, 7) is 0. The van der Waals surface area contributed by atoms with Crippen molar-refractivity contribution in [2.24, 2.45) is 0 Å². The molecule has 1 unspecified atom stereocenters. The van der Waals surface area contributed by atoms with Gasteiger partial charge in [-0.3, -0.25) is 0 Å². The van der Waals surface area contributed by atoms with Gasteiger partial charge in [0.25, 0.3) is 0 Å². The number of aliphatic hydroxyl groups excluding tert-OH is 1. The van der Waals surface area contributed by atoms with Gasteiger partial charge in [0.1, 0.15) is 6.17 Å². The van der Waals surface area contributed by atoms with Gasteiger partial charge in [-0.1, -0.05) is 12.1 Å². The molecule has 0 fully saturated rings. The average Bonchev–Trinajstić information content (AvgIpc) is 2.83. The molecule has 0 amide bonds. The first-order valence-corrected chi connectivity index (χ1v) is 4.84. The number of rotatable bonds is 3. The molecular formula is C12H11FN2O. The third kappa shape index (κ3) is 2.11. The highest BCUT2D eigenvalue weighted by Crippen LogP contribution is 2.20. The van der Waals surface area contributed by atoms with Crippen molar-refractivity contribution in [2.75, 3.05) is 0 Å². The molecule has 1 heterocycles. The molecule has 16 heavy (non-hydrogen) atoms. The summed E-state index contributed by atoms with van der Waals surface area (Å²) in [4.78, 5) is 3.93. The van der Waals surface area contributed by atoms with E-state index in [2.05, 4.69) is 4.98 Å². The Kier molecular flexibility index (Phi) is 3.00. The van der Waals surface area contributed by atoms with Gasteiger partial charge < -0.3 is 9.67 Å². The van der Waals surface area contributed by atoms with Crippen LogP contribution in [0.2, 0.25) is 0 Å². The fourth-order valence-corrected chi connectivity index (χ4v) is 1.43. The zero-order chi connectivity index (χ0) is 11.4. The van der Waals surface area contributed by atoms with E-state index in [9.17, 15) is 4.39 Å². The van der Waals surface area contributed by atoms with E-state index in [1.807, 2.05) is 10.8 Å². The maximum atomic E-state index is 13.3. The van der Waals surface area contributed by atoms with Crippen LogP contribution in [0.1, 0.15) is 11.7 Å². The predicted molar refractivity (Wildman–Crippen MR) is 59.2 cm³/mol. The normalized spacial score (nSPS) is 13.1. The molecule has 0 radical (unpaired) electrons. The molecule has 0 aliphatic rings. The first-order valence-electron chi connectivity index (χ1n) is 4.84. The summed E-state index contributed by atoms with van der Waals surface area (Å²) >= 11 is 0. The van der Waals surface area contributed by atoms with Gasteiger partial charge >= 0.3 is 0 Å². The van der Waals surface area contributed by atoms with E-state index in [0.29, 0.717) is 11.8 Å². The van der Waals surface area contributed by atoms with Crippen LogP contribution < -0.4 is 0 Å². The fourth-order valence-electron chi connectivity index (χ4n) is 1.43. The molecule has 2 rings (SSSR count). The van der Waals surface area contributed by atoms with Gasteiger partial charge in [-0.25, -0.2) is 9.37 Å². The summed E-state index contributed by atoms with van der Waals surface area (Å²) in [5, 5.41) is 8.47. The van der Waals surface area contributed by atoms with Crippen molar-refractivity contribution in [3.05, 3.63) is 60.9 Å². The van der Waals surface area contributed by atoms with Crippen molar-refractivity contribution < 1.29 is 9.50 Å². The van der Waals surface area contributed by atoms with E-state index >= 15 is 0 Å². The number of allylic oxidation sites excluding steroid dienone is 1. The summed E-state index contributed by atoms with van der Waals surface area (Å²) in [6.07, 6.45) is 5.70. The standard InChI is InChI=1S/C12H11FN2O/c13-12(5-8-16)10-1-3-11(4-2-10)15-7-6-14-9-15/h1-9,12,16H/b8-5-. The maximum Gasteiger partial charge on any atom is 0.147 e. The van der Waals surface area contributed by atoms with Crippen LogP contribution in [0, 0.1) is 0 Å². The van der Waals surface area contributed by atoms with E-state index in [0.717, 1.165) is 11.8 Å². The van der Waals surface area contributed by atoms with Crippen LogP contribution in [-0.4, -0.2) is 14.7 Å². The van der Waals surface area contributed by atoms with Crippen LogP contribution in [-0.2, 0) is 0 Å². The molecule has 1 aromatic carbocycles.